The first-order valence-electron chi connectivity index (χ1n) is 5.63. The number of aliphatic hydroxyl groups excluding tert-OH is 1. The van der Waals surface area contributed by atoms with Gasteiger partial charge in [0.15, 0.2) is 0 Å². The Labute approximate surface area is 90.2 Å². The van der Waals surface area contributed by atoms with Crippen LogP contribution in [-0.4, -0.2) is 48.3 Å². The molecule has 2 rings (SSSR count). The summed E-state index contributed by atoms with van der Waals surface area (Å²) in [6, 6.07) is -0.173. The smallest absolute Gasteiger partial charge is 0.322 e. The van der Waals surface area contributed by atoms with Crippen molar-refractivity contribution in [1.82, 2.24) is 4.90 Å². The molecule has 2 fully saturated rings. The molecule has 4 nitrogen and oxygen atoms in total. The lowest BCUT2D eigenvalue weighted by Crippen LogP contribution is -2.39. The molecule has 15 heavy (non-hydrogen) atoms. The third kappa shape index (κ3) is 1.88. The summed E-state index contributed by atoms with van der Waals surface area (Å²) in [7, 11) is 1.42. The minimum atomic E-state index is -0.176. The van der Waals surface area contributed by atoms with Crippen LogP contribution >= 0.6 is 0 Å². The lowest BCUT2D eigenvalue weighted by molar-refractivity contribution is -0.146. The van der Waals surface area contributed by atoms with Crippen LogP contribution in [0, 0.1) is 11.8 Å². The molecule has 1 saturated heterocycles. The zero-order valence-corrected chi connectivity index (χ0v) is 9.35. The highest BCUT2D eigenvalue weighted by Crippen LogP contribution is 2.38. The van der Waals surface area contributed by atoms with Gasteiger partial charge < -0.3 is 9.84 Å². The van der Waals surface area contributed by atoms with Crippen LogP contribution < -0.4 is 0 Å². The van der Waals surface area contributed by atoms with E-state index < -0.39 is 0 Å². The molecule has 0 amide bonds. The second-order valence-corrected chi connectivity index (χ2v) is 4.72. The van der Waals surface area contributed by atoms with Crippen LogP contribution in [0.5, 0.6) is 0 Å². The quantitative estimate of drug-likeness (QED) is 0.668. The van der Waals surface area contributed by atoms with Crippen LogP contribution in [-0.2, 0) is 9.53 Å². The topological polar surface area (TPSA) is 49.8 Å². The Kier molecular flexibility index (Phi) is 2.98. The number of fused-ring (bicyclic) bond motifs is 1. The van der Waals surface area contributed by atoms with Gasteiger partial charge in [0.1, 0.15) is 6.04 Å². The van der Waals surface area contributed by atoms with Gasteiger partial charge in [-0.05, 0) is 25.7 Å². The van der Waals surface area contributed by atoms with Gasteiger partial charge in [-0.3, -0.25) is 9.69 Å². The van der Waals surface area contributed by atoms with Crippen LogP contribution in [0.25, 0.3) is 0 Å². The van der Waals surface area contributed by atoms with E-state index in [0.717, 1.165) is 25.9 Å². The standard InChI is InChI=1S/C11H19NO3/c1-7(11(14)15-2)12-5-8-3-4-10(13)9(8)6-12/h7-10,13H,3-6H2,1-2H3. The second kappa shape index (κ2) is 4.10. The Bertz CT molecular complexity index is 256. The number of likely N-dealkylation sites (tertiary alicyclic amines) is 1. The third-order valence-corrected chi connectivity index (χ3v) is 3.94. The van der Waals surface area contributed by atoms with E-state index in [9.17, 15) is 9.90 Å². The van der Waals surface area contributed by atoms with Gasteiger partial charge in [-0.25, -0.2) is 0 Å². The van der Waals surface area contributed by atoms with Crippen LogP contribution in [0.2, 0.25) is 0 Å². The summed E-state index contributed by atoms with van der Waals surface area (Å²) in [6.45, 7) is 3.64. The van der Waals surface area contributed by atoms with Gasteiger partial charge >= 0.3 is 5.97 Å². The molecular formula is C11H19NO3. The van der Waals surface area contributed by atoms with E-state index in [-0.39, 0.29) is 18.1 Å². The van der Waals surface area contributed by atoms with Crippen molar-refractivity contribution in [2.75, 3.05) is 20.2 Å². The highest BCUT2D eigenvalue weighted by molar-refractivity contribution is 5.75. The molecule has 0 aromatic carbocycles. The number of aliphatic hydroxyl groups is 1. The van der Waals surface area contributed by atoms with E-state index in [2.05, 4.69) is 4.90 Å². The molecule has 0 radical (unpaired) electrons. The van der Waals surface area contributed by atoms with Crippen LogP contribution in [0.4, 0.5) is 0 Å². The van der Waals surface area contributed by atoms with Crippen molar-refractivity contribution in [3.8, 4) is 0 Å². The summed E-state index contributed by atoms with van der Waals surface area (Å²) in [5.74, 6) is 0.772. The van der Waals surface area contributed by atoms with Gasteiger partial charge in [-0.15, -0.1) is 0 Å². The maximum Gasteiger partial charge on any atom is 0.322 e. The number of nitrogens with zero attached hydrogens (tertiary/aromatic N) is 1. The predicted molar refractivity (Wildman–Crippen MR) is 55.3 cm³/mol. The molecule has 4 atom stereocenters. The Morgan fingerprint density at radius 1 is 1.47 bits per heavy atom. The minimum Gasteiger partial charge on any atom is -0.468 e. The summed E-state index contributed by atoms with van der Waals surface area (Å²) in [5, 5.41) is 9.75. The van der Waals surface area contributed by atoms with E-state index in [1.54, 1.807) is 0 Å². The summed E-state index contributed by atoms with van der Waals surface area (Å²) in [6.07, 6.45) is 1.86. The van der Waals surface area contributed by atoms with Gasteiger partial charge in [0.05, 0.1) is 13.2 Å². The number of methoxy groups -OCH3 is 1. The highest BCUT2D eigenvalue weighted by Gasteiger charge is 2.44. The number of esters is 1. The first kappa shape index (κ1) is 10.9. The Morgan fingerprint density at radius 2 is 2.20 bits per heavy atom. The fourth-order valence-electron chi connectivity index (χ4n) is 2.91. The van der Waals surface area contributed by atoms with Crippen molar-refractivity contribution < 1.29 is 14.6 Å². The number of hydrogen-bond donors (Lipinski definition) is 1. The normalized spacial score (nSPS) is 37.7. The van der Waals surface area contributed by atoms with Crippen LogP contribution in [0.15, 0.2) is 0 Å². The third-order valence-electron chi connectivity index (χ3n) is 3.94. The lowest BCUT2D eigenvalue weighted by atomic mass is 10.00. The predicted octanol–water partition coefficient (Wildman–Crippen LogP) is 0.251. The highest BCUT2D eigenvalue weighted by atomic mass is 16.5. The van der Waals surface area contributed by atoms with E-state index in [0.29, 0.717) is 11.8 Å². The van der Waals surface area contributed by atoms with Crippen molar-refractivity contribution in [3.63, 3.8) is 0 Å². The lowest BCUT2D eigenvalue weighted by Gasteiger charge is -2.23. The molecule has 1 heterocycles. The average molecular weight is 213 g/mol. The van der Waals surface area contributed by atoms with Crippen LogP contribution in [0.3, 0.4) is 0 Å². The van der Waals surface area contributed by atoms with Gasteiger partial charge in [-0.2, -0.15) is 0 Å². The van der Waals surface area contributed by atoms with Crippen molar-refractivity contribution in [3.05, 3.63) is 0 Å². The van der Waals surface area contributed by atoms with E-state index in [1.165, 1.54) is 7.11 Å². The summed E-state index contributed by atoms with van der Waals surface area (Å²) in [5.41, 5.74) is 0. The molecular weight excluding hydrogens is 194 g/mol. The summed E-state index contributed by atoms with van der Waals surface area (Å²) >= 11 is 0. The monoisotopic (exact) mass is 213 g/mol. The fourth-order valence-corrected chi connectivity index (χ4v) is 2.91. The summed E-state index contributed by atoms with van der Waals surface area (Å²) < 4.78 is 4.73. The number of hydrogen-bond acceptors (Lipinski definition) is 4. The number of ether oxygens (including phenoxy) is 1. The zero-order valence-electron chi connectivity index (χ0n) is 9.35. The van der Waals surface area contributed by atoms with Crippen molar-refractivity contribution in [2.24, 2.45) is 11.8 Å². The Morgan fingerprint density at radius 3 is 2.80 bits per heavy atom. The van der Waals surface area contributed by atoms with Gasteiger partial charge in [0.2, 0.25) is 0 Å². The van der Waals surface area contributed by atoms with Crippen molar-refractivity contribution in [2.45, 2.75) is 31.9 Å². The first-order valence-corrected chi connectivity index (χ1v) is 5.63. The Balaban J connectivity index is 1.95. The fraction of sp³-hybridized carbons (Fsp3) is 0.909. The maximum absolute atomic E-state index is 11.4. The summed E-state index contributed by atoms with van der Waals surface area (Å²) in [4.78, 5) is 13.5. The van der Waals surface area contributed by atoms with Crippen molar-refractivity contribution >= 4 is 5.97 Å². The number of carbonyl (C=O) groups is 1. The molecule has 1 N–H and O–H groups in total. The van der Waals surface area contributed by atoms with Gasteiger partial charge in [0.25, 0.3) is 0 Å². The van der Waals surface area contributed by atoms with Gasteiger partial charge in [-0.1, -0.05) is 0 Å². The average Bonchev–Trinajstić information content (AvgIpc) is 2.79. The molecule has 2 aliphatic rings. The van der Waals surface area contributed by atoms with E-state index in [1.807, 2.05) is 6.92 Å². The molecule has 1 aliphatic carbocycles. The molecule has 4 unspecified atom stereocenters. The molecule has 0 aromatic heterocycles. The van der Waals surface area contributed by atoms with E-state index >= 15 is 0 Å². The molecule has 0 bridgehead atoms. The largest absolute Gasteiger partial charge is 0.468 e. The first-order chi connectivity index (χ1) is 7.13. The SMILES string of the molecule is COC(=O)C(C)N1CC2CCC(O)C2C1. The van der Waals surface area contributed by atoms with Crippen molar-refractivity contribution in [1.29, 1.82) is 0 Å². The van der Waals surface area contributed by atoms with E-state index in [4.69, 9.17) is 4.74 Å². The van der Waals surface area contributed by atoms with Gasteiger partial charge in [0, 0.05) is 19.0 Å². The second-order valence-electron chi connectivity index (χ2n) is 4.72. The molecule has 0 aromatic rings. The molecule has 4 heteroatoms. The maximum atomic E-state index is 11.4. The number of carbonyl (C=O) groups excluding carboxylic acids is 1. The molecule has 1 saturated carbocycles. The Hall–Kier alpha value is -0.610. The zero-order chi connectivity index (χ0) is 11.0. The number of rotatable bonds is 2. The van der Waals surface area contributed by atoms with Crippen LogP contribution in [0.1, 0.15) is 19.8 Å². The molecule has 1 aliphatic heterocycles. The minimum absolute atomic E-state index is 0.162. The molecule has 0 spiro atoms. The molecule has 86 valence electrons.